The Hall–Kier alpha value is -3.55. The summed E-state index contributed by atoms with van der Waals surface area (Å²) in [6.07, 6.45) is 0. The Morgan fingerprint density at radius 2 is 1.66 bits per heavy atom. The first-order chi connectivity index (χ1) is 13.9. The molecule has 4 rings (SSSR count). The molecule has 8 nitrogen and oxygen atoms in total. The lowest BCUT2D eigenvalue weighted by molar-refractivity contribution is -0.123. The molecule has 2 aromatic carbocycles. The predicted molar refractivity (Wildman–Crippen MR) is 107 cm³/mol. The number of carbonyl (C=O) groups excluding carboxylic acids is 3. The minimum atomic E-state index is -0.923. The lowest BCUT2D eigenvalue weighted by Gasteiger charge is -2.22. The van der Waals surface area contributed by atoms with E-state index in [0.717, 1.165) is 16.7 Å². The average molecular weight is 391 g/mol. The molecule has 2 aromatic rings. The van der Waals surface area contributed by atoms with E-state index in [-0.39, 0.29) is 12.5 Å². The standard InChI is InChI=1S/C21H21N5O3/c1-12-7-9-15(10-8-12)22-16(27)11-25-19-17(23-24-25)20(28)26(21(19)29)18-13(2)5-4-6-14(18)3/h4-10,17,19H,11H2,1-3H3,(H,22,27)/t17-,19-/m1/s1. The Balaban J connectivity index is 1.52. The summed E-state index contributed by atoms with van der Waals surface area (Å²) >= 11 is 0. The molecule has 0 spiro atoms. The molecule has 2 atom stereocenters. The zero-order valence-electron chi connectivity index (χ0n) is 16.4. The van der Waals surface area contributed by atoms with Gasteiger partial charge in [-0.25, -0.2) is 4.90 Å². The van der Waals surface area contributed by atoms with E-state index in [9.17, 15) is 14.4 Å². The number of benzene rings is 2. The third-order valence-corrected chi connectivity index (χ3v) is 5.16. The van der Waals surface area contributed by atoms with Crippen molar-refractivity contribution >= 4 is 29.1 Å². The Kier molecular flexibility index (Phi) is 4.62. The molecule has 2 heterocycles. The molecule has 29 heavy (non-hydrogen) atoms. The number of anilines is 2. The molecule has 0 radical (unpaired) electrons. The molecule has 1 N–H and O–H groups in total. The largest absolute Gasteiger partial charge is 0.324 e. The van der Waals surface area contributed by atoms with Crippen LogP contribution in [-0.4, -0.2) is 41.4 Å². The van der Waals surface area contributed by atoms with E-state index in [4.69, 9.17) is 0 Å². The maximum Gasteiger partial charge on any atom is 0.263 e. The molecule has 2 aliphatic rings. The summed E-state index contributed by atoms with van der Waals surface area (Å²) < 4.78 is 0. The van der Waals surface area contributed by atoms with Crippen molar-refractivity contribution in [3.05, 3.63) is 59.2 Å². The molecule has 0 bridgehead atoms. The van der Waals surface area contributed by atoms with Crippen LogP contribution in [-0.2, 0) is 14.4 Å². The number of nitrogens with zero attached hydrogens (tertiary/aromatic N) is 4. The first kappa shape index (κ1) is 18.8. The van der Waals surface area contributed by atoms with Crippen LogP contribution in [0.5, 0.6) is 0 Å². The number of imide groups is 1. The van der Waals surface area contributed by atoms with Crippen LogP contribution in [0.4, 0.5) is 11.4 Å². The van der Waals surface area contributed by atoms with Crippen molar-refractivity contribution in [1.29, 1.82) is 0 Å². The van der Waals surface area contributed by atoms with Crippen LogP contribution < -0.4 is 10.2 Å². The maximum atomic E-state index is 13.1. The molecule has 1 saturated heterocycles. The monoisotopic (exact) mass is 391 g/mol. The van der Waals surface area contributed by atoms with Gasteiger partial charge in [0.05, 0.1) is 5.69 Å². The summed E-state index contributed by atoms with van der Waals surface area (Å²) in [5.74, 6) is -1.16. The Labute approximate surface area is 168 Å². The molecule has 0 saturated carbocycles. The van der Waals surface area contributed by atoms with Gasteiger partial charge in [-0.1, -0.05) is 41.1 Å². The van der Waals surface area contributed by atoms with Crippen molar-refractivity contribution in [1.82, 2.24) is 5.01 Å². The van der Waals surface area contributed by atoms with Crippen LogP contribution in [0, 0.1) is 20.8 Å². The summed E-state index contributed by atoms with van der Waals surface area (Å²) in [6.45, 7) is 5.50. The van der Waals surface area contributed by atoms with Crippen LogP contribution in [0.1, 0.15) is 16.7 Å². The third kappa shape index (κ3) is 3.26. The van der Waals surface area contributed by atoms with Crippen molar-refractivity contribution in [3.63, 3.8) is 0 Å². The van der Waals surface area contributed by atoms with Gasteiger partial charge in [0.2, 0.25) is 5.91 Å². The summed E-state index contributed by atoms with van der Waals surface area (Å²) in [5.41, 5.74) is 3.97. The Morgan fingerprint density at radius 3 is 2.31 bits per heavy atom. The van der Waals surface area contributed by atoms with E-state index in [2.05, 4.69) is 15.7 Å². The van der Waals surface area contributed by atoms with Gasteiger partial charge < -0.3 is 5.32 Å². The zero-order valence-corrected chi connectivity index (χ0v) is 16.4. The highest BCUT2D eigenvalue weighted by Gasteiger charge is 2.55. The first-order valence-corrected chi connectivity index (χ1v) is 9.35. The van der Waals surface area contributed by atoms with E-state index in [1.54, 1.807) is 12.1 Å². The van der Waals surface area contributed by atoms with Crippen molar-refractivity contribution in [3.8, 4) is 0 Å². The molecular formula is C21H21N5O3. The molecule has 148 valence electrons. The number of amides is 3. The Morgan fingerprint density at radius 1 is 1.00 bits per heavy atom. The second-order valence-corrected chi connectivity index (χ2v) is 7.36. The quantitative estimate of drug-likeness (QED) is 0.811. The van der Waals surface area contributed by atoms with E-state index < -0.39 is 23.9 Å². The fourth-order valence-corrected chi connectivity index (χ4v) is 3.72. The second-order valence-electron chi connectivity index (χ2n) is 7.36. The SMILES string of the molecule is Cc1ccc(NC(=O)CN2N=N[C@H]3C(=O)N(c4c(C)cccc4C)C(=O)[C@@H]32)cc1. The summed E-state index contributed by atoms with van der Waals surface area (Å²) in [5, 5.41) is 12.0. The molecule has 3 amide bonds. The highest BCUT2D eigenvalue weighted by atomic mass is 16.2. The van der Waals surface area contributed by atoms with Gasteiger partial charge in [-0.05, 0) is 44.0 Å². The molecule has 2 aliphatic heterocycles. The van der Waals surface area contributed by atoms with Crippen LogP contribution in [0.15, 0.2) is 52.8 Å². The number of carbonyl (C=O) groups is 3. The van der Waals surface area contributed by atoms with Crippen molar-refractivity contribution < 1.29 is 14.4 Å². The van der Waals surface area contributed by atoms with Gasteiger partial charge in [0.15, 0.2) is 12.1 Å². The number of para-hydroxylation sites is 1. The van der Waals surface area contributed by atoms with E-state index in [1.807, 2.05) is 51.1 Å². The highest BCUT2D eigenvalue weighted by molar-refractivity contribution is 6.26. The number of aryl methyl sites for hydroxylation is 3. The lowest BCUT2D eigenvalue weighted by atomic mass is 10.1. The summed E-state index contributed by atoms with van der Waals surface area (Å²) in [6, 6.07) is 11.1. The summed E-state index contributed by atoms with van der Waals surface area (Å²) in [7, 11) is 0. The molecule has 8 heteroatoms. The number of nitrogens with one attached hydrogen (secondary N) is 1. The van der Waals surface area contributed by atoms with Crippen LogP contribution in [0.25, 0.3) is 0 Å². The van der Waals surface area contributed by atoms with Gasteiger partial charge in [-0.15, -0.1) is 0 Å². The summed E-state index contributed by atoms with van der Waals surface area (Å²) in [4.78, 5) is 39.6. The zero-order chi connectivity index (χ0) is 20.7. The highest BCUT2D eigenvalue weighted by Crippen LogP contribution is 2.35. The number of hydrogen-bond acceptors (Lipinski definition) is 6. The molecule has 0 aromatic heterocycles. The smallest absolute Gasteiger partial charge is 0.263 e. The normalized spacial score (nSPS) is 20.4. The van der Waals surface area contributed by atoms with Gasteiger partial charge in [0, 0.05) is 5.69 Å². The van der Waals surface area contributed by atoms with Crippen LogP contribution in [0.3, 0.4) is 0 Å². The first-order valence-electron chi connectivity index (χ1n) is 9.35. The minimum Gasteiger partial charge on any atom is -0.324 e. The second kappa shape index (κ2) is 7.12. The number of hydrogen-bond donors (Lipinski definition) is 1. The number of rotatable bonds is 4. The molecule has 0 aliphatic carbocycles. The van der Waals surface area contributed by atoms with E-state index >= 15 is 0 Å². The predicted octanol–water partition coefficient (Wildman–Crippen LogP) is 2.54. The topological polar surface area (TPSA) is 94.4 Å². The lowest BCUT2D eigenvalue weighted by Crippen LogP contribution is -2.43. The molecular weight excluding hydrogens is 370 g/mol. The Bertz CT molecular complexity index is 1010. The fourth-order valence-electron chi connectivity index (χ4n) is 3.72. The van der Waals surface area contributed by atoms with Gasteiger partial charge in [-0.3, -0.25) is 19.4 Å². The average Bonchev–Trinajstić information content (AvgIpc) is 3.18. The van der Waals surface area contributed by atoms with E-state index in [0.29, 0.717) is 11.4 Å². The van der Waals surface area contributed by atoms with Gasteiger partial charge in [0.1, 0.15) is 6.54 Å². The minimum absolute atomic E-state index is 0.168. The van der Waals surface area contributed by atoms with Gasteiger partial charge >= 0.3 is 0 Å². The van der Waals surface area contributed by atoms with Crippen molar-refractivity contribution in [2.75, 3.05) is 16.8 Å². The van der Waals surface area contributed by atoms with Crippen LogP contribution in [0.2, 0.25) is 0 Å². The van der Waals surface area contributed by atoms with Crippen molar-refractivity contribution in [2.45, 2.75) is 32.9 Å². The fraction of sp³-hybridized carbons (Fsp3) is 0.286. The van der Waals surface area contributed by atoms with Crippen LogP contribution >= 0.6 is 0 Å². The van der Waals surface area contributed by atoms with Gasteiger partial charge in [0.25, 0.3) is 11.8 Å². The maximum absolute atomic E-state index is 13.1. The number of fused-ring (bicyclic) bond motifs is 1. The van der Waals surface area contributed by atoms with E-state index in [1.165, 1.54) is 9.91 Å². The third-order valence-electron chi connectivity index (χ3n) is 5.16. The molecule has 1 fully saturated rings. The van der Waals surface area contributed by atoms with Crippen molar-refractivity contribution in [2.24, 2.45) is 10.3 Å². The van der Waals surface area contributed by atoms with Gasteiger partial charge in [-0.2, -0.15) is 5.11 Å². The molecule has 0 unspecified atom stereocenters.